The Kier molecular flexibility index (Phi) is 5.91. The van der Waals surface area contributed by atoms with Crippen LogP contribution in [0.25, 0.3) is 0 Å². The van der Waals surface area contributed by atoms with Crippen LogP contribution < -0.4 is 15.2 Å². The Morgan fingerprint density at radius 3 is 2.64 bits per heavy atom. The van der Waals surface area contributed by atoms with Gasteiger partial charge < -0.3 is 20.1 Å². The molecule has 1 aromatic carbocycles. The van der Waals surface area contributed by atoms with Crippen LogP contribution in [0, 0.1) is 5.92 Å². The first-order chi connectivity index (χ1) is 10.6. The minimum absolute atomic E-state index is 0.0290. The third kappa shape index (κ3) is 3.65. The first-order valence-corrected chi connectivity index (χ1v) is 7.98. The number of likely N-dealkylation sites (tertiary alicyclic amines) is 1. The molecule has 6 heteroatoms. The average Bonchev–Trinajstić information content (AvgIpc) is 2.56. The summed E-state index contributed by atoms with van der Waals surface area (Å²) >= 11 is 6.23. The predicted molar refractivity (Wildman–Crippen MR) is 86.9 cm³/mol. The lowest BCUT2D eigenvalue weighted by Gasteiger charge is -2.31. The van der Waals surface area contributed by atoms with E-state index in [-0.39, 0.29) is 5.91 Å². The van der Waals surface area contributed by atoms with Crippen molar-refractivity contribution in [3.05, 3.63) is 22.7 Å². The zero-order chi connectivity index (χ0) is 16.1. The molecule has 0 radical (unpaired) electrons. The molecule has 122 valence electrons. The molecule has 0 aliphatic carbocycles. The third-order valence-electron chi connectivity index (χ3n) is 4.00. The summed E-state index contributed by atoms with van der Waals surface area (Å²) in [5, 5.41) is 0.390. The predicted octanol–water partition coefficient (Wildman–Crippen LogP) is 2.56. The molecule has 0 spiro atoms. The normalized spacial score (nSPS) is 15.7. The number of piperidine rings is 1. The quantitative estimate of drug-likeness (QED) is 0.903. The van der Waals surface area contributed by atoms with Crippen molar-refractivity contribution in [2.45, 2.75) is 19.8 Å². The van der Waals surface area contributed by atoms with Gasteiger partial charge in [0.1, 0.15) is 0 Å². The summed E-state index contributed by atoms with van der Waals surface area (Å²) in [6.07, 6.45) is 1.90. The fourth-order valence-electron chi connectivity index (χ4n) is 2.68. The van der Waals surface area contributed by atoms with E-state index in [0.29, 0.717) is 41.2 Å². The van der Waals surface area contributed by atoms with Gasteiger partial charge in [0, 0.05) is 18.7 Å². The van der Waals surface area contributed by atoms with Gasteiger partial charge in [-0.05, 0) is 44.4 Å². The molecular weight excluding hydrogens is 304 g/mol. The molecule has 1 amide bonds. The number of carbonyl (C=O) groups is 1. The van der Waals surface area contributed by atoms with E-state index in [2.05, 4.69) is 0 Å². The van der Waals surface area contributed by atoms with Gasteiger partial charge in [0.15, 0.2) is 11.5 Å². The lowest BCUT2D eigenvalue weighted by molar-refractivity contribution is 0.0693. The van der Waals surface area contributed by atoms with Crippen LogP contribution in [0.2, 0.25) is 5.02 Å². The molecule has 0 saturated carbocycles. The molecule has 1 aromatic rings. The van der Waals surface area contributed by atoms with Crippen molar-refractivity contribution < 1.29 is 14.3 Å². The molecule has 0 unspecified atom stereocenters. The van der Waals surface area contributed by atoms with E-state index in [1.165, 1.54) is 7.11 Å². The number of hydrogen-bond donors (Lipinski definition) is 1. The maximum absolute atomic E-state index is 12.6. The number of hydrogen-bond acceptors (Lipinski definition) is 4. The molecule has 1 aliphatic heterocycles. The highest BCUT2D eigenvalue weighted by Gasteiger charge is 2.24. The van der Waals surface area contributed by atoms with Crippen molar-refractivity contribution in [3.63, 3.8) is 0 Å². The molecule has 1 heterocycles. The van der Waals surface area contributed by atoms with Gasteiger partial charge in [-0.15, -0.1) is 0 Å². The van der Waals surface area contributed by atoms with Crippen LogP contribution in [-0.2, 0) is 0 Å². The van der Waals surface area contributed by atoms with E-state index in [1.54, 1.807) is 12.1 Å². The highest BCUT2D eigenvalue weighted by atomic mass is 35.5. The first kappa shape index (κ1) is 16.9. The van der Waals surface area contributed by atoms with Gasteiger partial charge in [0.2, 0.25) is 0 Å². The Balaban J connectivity index is 2.18. The number of nitrogens with zero attached hydrogens (tertiary/aromatic N) is 1. The third-order valence-corrected chi connectivity index (χ3v) is 4.28. The number of rotatable bonds is 5. The maximum atomic E-state index is 12.6. The number of methoxy groups -OCH3 is 1. The summed E-state index contributed by atoms with van der Waals surface area (Å²) in [6, 6.07) is 3.33. The molecule has 2 rings (SSSR count). The van der Waals surface area contributed by atoms with Gasteiger partial charge in [-0.25, -0.2) is 0 Å². The van der Waals surface area contributed by atoms with E-state index in [1.807, 2.05) is 11.8 Å². The van der Waals surface area contributed by atoms with Crippen LogP contribution >= 0.6 is 11.6 Å². The summed E-state index contributed by atoms with van der Waals surface area (Å²) in [5.74, 6) is 1.45. The van der Waals surface area contributed by atoms with Crippen molar-refractivity contribution in [2.24, 2.45) is 11.7 Å². The van der Waals surface area contributed by atoms with Crippen LogP contribution in [0.3, 0.4) is 0 Å². The molecule has 22 heavy (non-hydrogen) atoms. The van der Waals surface area contributed by atoms with E-state index in [4.69, 9.17) is 26.8 Å². The van der Waals surface area contributed by atoms with Crippen molar-refractivity contribution >= 4 is 17.5 Å². The monoisotopic (exact) mass is 326 g/mol. The number of benzene rings is 1. The largest absolute Gasteiger partial charge is 0.493 e. The number of amides is 1. The van der Waals surface area contributed by atoms with Crippen LogP contribution in [0.4, 0.5) is 0 Å². The Morgan fingerprint density at radius 2 is 2.09 bits per heavy atom. The van der Waals surface area contributed by atoms with Crippen LogP contribution in [0.1, 0.15) is 30.1 Å². The SMILES string of the molecule is CCOc1c(Cl)cc(C(=O)N2CCC(CN)CC2)cc1OC. The Labute approximate surface area is 136 Å². The zero-order valence-electron chi connectivity index (χ0n) is 13.1. The zero-order valence-corrected chi connectivity index (χ0v) is 13.9. The van der Waals surface area contributed by atoms with E-state index in [9.17, 15) is 4.79 Å². The van der Waals surface area contributed by atoms with Crippen molar-refractivity contribution in [1.82, 2.24) is 4.90 Å². The standard InChI is InChI=1S/C16H23ClN2O3/c1-3-22-15-13(17)8-12(9-14(15)21-2)16(20)19-6-4-11(10-18)5-7-19/h8-9,11H,3-7,10,18H2,1-2H3. The van der Waals surface area contributed by atoms with E-state index >= 15 is 0 Å². The van der Waals surface area contributed by atoms with Gasteiger partial charge >= 0.3 is 0 Å². The summed E-state index contributed by atoms with van der Waals surface area (Å²) in [4.78, 5) is 14.5. The Bertz CT molecular complexity index is 528. The van der Waals surface area contributed by atoms with Crippen LogP contribution in [-0.4, -0.2) is 44.2 Å². The Morgan fingerprint density at radius 1 is 1.41 bits per heavy atom. The van der Waals surface area contributed by atoms with E-state index < -0.39 is 0 Å². The van der Waals surface area contributed by atoms with E-state index in [0.717, 1.165) is 25.9 Å². The molecular formula is C16H23ClN2O3. The summed E-state index contributed by atoms with van der Waals surface area (Å²) in [5.41, 5.74) is 6.21. The van der Waals surface area contributed by atoms with Crippen molar-refractivity contribution in [1.29, 1.82) is 0 Å². The van der Waals surface area contributed by atoms with Gasteiger partial charge in [-0.3, -0.25) is 4.79 Å². The highest BCUT2D eigenvalue weighted by molar-refractivity contribution is 6.32. The second-order valence-corrected chi connectivity index (χ2v) is 5.80. The molecule has 2 N–H and O–H groups in total. The molecule has 0 bridgehead atoms. The van der Waals surface area contributed by atoms with Crippen molar-refractivity contribution in [2.75, 3.05) is 33.4 Å². The molecule has 1 fully saturated rings. The second kappa shape index (κ2) is 7.70. The van der Waals surface area contributed by atoms with Crippen LogP contribution in [0.15, 0.2) is 12.1 Å². The summed E-state index contributed by atoms with van der Waals surface area (Å²) in [7, 11) is 1.54. The lowest BCUT2D eigenvalue weighted by Crippen LogP contribution is -2.40. The van der Waals surface area contributed by atoms with Gasteiger partial charge in [0.25, 0.3) is 5.91 Å². The fraction of sp³-hybridized carbons (Fsp3) is 0.562. The summed E-state index contributed by atoms with van der Waals surface area (Å²) in [6.45, 7) is 4.50. The summed E-state index contributed by atoms with van der Waals surface area (Å²) < 4.78 is 10.8. The highest BCUT2D eigenvalue weighted by Crippen LogP contribution is 2.37. The second-order valence-electron chi connectivity index (χ2n) is 5.39. The molecule has 0 atom stereocenters. The van der Waals surface area contributed by atoms with Gasteiger partial charge in [0.05, 0.1) is 18.7 Å². The Hall–Kier alpha value is -1.46. The molecule has 0 aromatic heterocycles. The number of carbonyl (C=O) groups excluding carboxylic acids is 1. The smallest absolute Gasteiger partial charge is 0.254 e. The number of halogens is 1. The minimum Gasteiger partial charge on any atom is -0.493 e. The average molecular weight is 327 g/mol. The molecule has 5 nitrogen and oxygen atoms in total. The van der Waals surface area contributed by atoms with Gasteiger partial charge in [-0.1, -0.05) is 11.6 Å². The lowest BCUT2D eigenvalue weighted by atomic mass is 9.96. The first-order valence-electron chi connectivity index (χ1n) is 7.60. The van der Waals surface area contributed by atoms with Crippen LogP contribution in [0.5, 0.6) is 11.5 Å². The number of ether oxygens (including phenoxy) is 2. The number of nitrogens with two attached hydrogens (primary N) is 1. The molecule has 1 aliphatic rings. The minimum atomic E-state index is -0.0290. The fourth-order valence-corrected chi connectivity index (χ4v) is 2.95. The topological polar surface area (TPSA) is 64.8 Å². The maximum Gasteiger partial charge on any atom is 0.254 e. The van der Waals surface area contributed by atoms with Crippen molar-refractivity contribution in [3.8, 4) is 11.5 Å². The van der Waals surface area contributed by atoms with Gasteiger partial charge in [-0.2, -0.15) is 0 Å². The molecule has 1 saturated heterocycles.